The van der Waals surface area contributed by atoms with Crippen LogP contribution in [0.25, 0.3) is 10.4 Å². The second kappa shape index (κ2) is 6.32. The summed E-state index contributed by atoms with van der Waals surface area (Å²) in [4.78, 5) is 17.8. The van der Waals surface area contributed by atoms with Gasteiger partial charge in [0, 0.05) is 17.2 Å². The Morgan fingerprint density at radius 3 is 3.00 bits per heavy atom. The summed E-state index contributed by atoms with van der Waals surface area (Å²) >= 11 is 0. The highest BCUT2D eigenvalue weighted by Gasteiger charge is 2.37. The van der Waals surface area contributed by atoms with E-state index in [4.69, 9.17) is 16.4 Å². The highest BCUT2D eigenvalue weighted by Crippen LogP contribution is 2.39. The molecule has 0 aromatic carbocycles. The third-order valence-electron chi connectivity index (χ3n) is 4.01. The summed E-state index contributed by atoms with van der Waals surface area (Å²) < 4.78 is 0. The van der Waals surface area contributed by atoms with Crippen molar-refractivity contribution in [2.75, 3.05) is 5.73 Å². The Kier molecular flexibility index (Phi) is 4.49. The summed E-state index contributed by atoms with van der Waals surface area (Å²) in [5, 5.41) is 15.2. The quantitative estimate of drug-likeness (QED) is 0.447. The number of aromatic nitrogens is 1. The highest BCUT2D eigenvalue weighted by molar-refractivity contribution is 5.65. The molecule has 0 aliphatic heterocycles. The Morgan fingerprint density at radius 2 is 2.38 bits per heavy atom. The van der Waals surface area contributed by atoms with Gasteiger partial charge in [-0.15, -0.1) is 0 Å². The molecular formula is C13H18N6O2. The van der Waals surface area contributed by atoms with E-state index in [0.29, 0.717) is 12.1 Å². The fourth-order valence-corrected chi connectivity index (χ4v) is 3.13. The standard InChI is InChI=1S/C13H18N6O2/c1-7-4-8(9-2-3-16-6-10(9)14)5-11(17-13(20)21)12(7)18-19-15/h2-3,6-8,11-12,17H,4-5,14H2,1H3,(H,20,21)/t7-,8+,11+,12-/m1/s1. The molecule has 4 atom stereocenters. The number of nitrogen functional groups attached to an aromatic ring is 1. The first kappa shape index (κ1) is 14.9. The van der Waals surface area contributed by atoms with Gasteiger partial charge in [-0.3, -0.25) is 4.98 Å². The third-order valence-corrected chi connectivity index (χ3v) is 4.01. The van der Waals surface area contributed by atoms with Gasteiger partial charge in [0.05, 0.1) is 17.9 Å². The minimum Gasteiger partial charge on any atom is -0.465 e. The second-order valence-electron chi connectivity index (χ2n) is 5.40. The van der Waals surface area contributed by atoms with Crippen molar-refractivity contribution in [3.05, 3.63) is 34.5 Å². The van der Waals surface area contributed by atoms with E-state index in [-0.39, 0.29) is 17.9 Å². The third kappa shape index (κ3) is 3.35. The Labute approximate surface area is 122 Å². The van der Waals surface area contributed by atoms with E-state index in [1.54, 1.807) is 12.4 Å². The van der Waals surface area contributed by atoms with Crippen molar-refractivity contribution in [2.45, 2.75) is 37.8 Å². The number of nitrogens with one attached hydrogen (secondary N) is 1. The van der Waals surface area contributed by atoms with Crippen molar-refractivity contribution in [2.24, 2.45) is 11.0 Å². The van der Waals surface area contributed by atoms with Crippen molar-refractivity contribution in [3.63, 3.8) is 0 Å². The molecule has 1 saturated carbocycles. The Hall–Kier alpha value is -2.47. The molecule has 112 valence electrons. The van der Waals surface area contributed by atoms with E-state index in [1.165, 1.54) is 0 Å². The number of anilines is 1. The average Bonchev–Trinajstić information content (AvgIpc) is 2.42. The first-order valence-corrected chi connectivity index (χ1v) is 6.76. The van der Waals surface area contributed by atoms with E-state index < -0.39 is 12.1 Å². The van der Waals surface area contributed by atoms with Gasteiger partial charge < -0.3 is 16.2 Å². The fourth-order valence-electron chi connectivity index (χ4n) is 3.13. The molecule has 1 aliphatic rings. The first-order chi connectivity index (χ1) is 10.0. The van der Waals surface area contributed by atoms with Crippen LogP contribution in [0.5, 0.6) is 0 Å². The Balaban J connectivity index is 2.26. The smallest absolute Gasteiger partial charge is 0.404 e. The molecular weight excluding hydrogens is 272 g/mol. The van der Waals surface area contributed by atoms with E-state index in [1.807, 2.05) is 13.0 Å². The van der Waals surface area contributed by atoms with Crippen molar-refractivity contribution in [3.8, 4) is 0 Å². The van der Waals surface area contributed by atoms with Crippen molar-refractivity contribution in [1.29, 1.82) is 0 Å². The number of nitrogens with two attached hydrogens (primary N) is 1. The molecule has 0 bridgehead atoms. The van der Waals surface area contributed by atoms with E-state index in [2.05, 4.69) is 20.3 Å². The summed E-state index contributed by atoms with van der Waals surface area (Å²) in [7, 11) is 0. The zero-order chi connectivity index (χ0) is 15.4. The van der Waals surface area contributed by atoms with Crippen molar-refractivity contribution < 1.29 is 9.90 Å². The van der Waals surface area contributed by atoms with Crippen LogP contribution < -0.4 is 11.1 Å². The van der Waals surface area contributed by atoms with Crippen LogP contribution in [0.1, 0.15) is 31.2 Å². The van der Waals surface area contributed by atoms with Gasteiger partial charge >= 0.3 is 6.09 Å². The van der Waals surface area contributed by atoms with Crippen LogP contribution >= 0.6 is 0 Å². The topological polar surface area (TPSA) is 137 Å². The van der Waals surface area contributed by atoms with Gasteiger partial charge in [0.25, 0.3) is 0 Å². The summed E-state index contributed by atoms with van der Waals surface area (Å²) in [5.74, 6) is 0.175. The number of hydrogen-bond acceptors (Lipinski definition) is 4. The highest BCUT2D eigenvalue weighted by atomic mass is 16.4. The van der Waals surface area contributed by atoms with Gasteiger partial charge in [-0.1, -0.05) is 12.0 Å². The van der Waals surface area contributed by atoms with Crippen molar-refractivity contribution >= 4 is 11.8 Å². The van der Waals surface area contributed by atoms with Crippen LogP contribution in [0.3, 0.4) is 0 Å². The molecule has 8 nitrogen and oxygen atoms in total. The summed E-state index contributed by atoms with van der Waals surface area (Å²) in [6.45, 7) is 1.96. The van der Waals surface area contributed by atoms with Crippen LogP contribution in [0.2, 0.25) is 0 Å². The van der Waals surface area contributed by atoms with Crippen LogP contribution in [0.15, 0.2) is 23.6 Å². The van der Waals surface area contributed by atoms with E-state index in [0.717, 1.165) is 12.0 Å². The Bertz CT molecular complexity index is 572. The molecule has 1 fully saturated rings. The average molecular weight is 290 g/mol. The molecule has 0 saturated heterocycles. The zero-order valence-corrected chi connectivity index (χ0v) is 11.7. The number of hydrogen-bond donors (Lipinski definition) is 3. The van der Waals surface area contributed by atoms with Gasteiger partial charge in [-0.05, 0) is 41.8 Å². The molecule has 0 spiro atoms. The molecule has 8 heteroatoms. The lowest BCUT2D eigenvalue weighted by Crippen LogP contribution is -2.48. The summed E-state index contributed by atoms with van der Waals surface area (Å²) in [6, 6.07) is 1.06. The van der Waals surface area contributed by atoms with Gasteiger partial charge in [-0.2, -0.15) is 0 Å². The SMILES string of the molecule is C[C@@H]1C[C@H](c2ccncc2N)C[C@H](NC(=O)O)[C@@H]1N=[N+]=[N-]. The molecule has 0 unspecified atom stereocenters. The van der Waals surface area contributed by atoms with Crippen LogP contribution in [-0.2, 0) is 0 Å². The maximum absolute atomic E-state index is 11.0. The first-order valence-electron chi connectivity index (χ1n) is 6.76. The van der Waals surface area contributed by atoms with Crippen LogP contribution in [0, 0.1) is 5.92 Å². The number of carboxylic acid groups (broad SMARTS) is 1. The van der Waals surface area contributed by atoms with E-state index >= 15 is 0 Å². The van der Waals surface area contributed by atoms with Gasteiger partial charge in [0.15, 0.2) is 0 Å². The summed E-state index contributed by atoms with van der Waals surface area (Å²) in [6.07, 6.45) is 3.49. The lowest BCUT2D eigenvalue weighted by molar-refractivity contribution is 0.172. The number of pyridine rings is 1. The number of azide groups is 1. The number of rotatable bonds is 3. The predicted molar refractivity (Wildman–Crippen MR) is 77.7 cm³/mol. The van der Waals surface area contributed by atoms with Crippen molar-refractivity contribution in [1.82, 2.24) is 10.3 Å². The number of nitrogens with zero attached hydrogens (tertiary/aromatic N) is 4. The minimum atomic E-state index is -1.12. The summed E-state index contributed by atoms with van der Waals surface area (Å²) in [5.41, 5.74) is 16.2. The monoisotopic (exact) mass is 290 g/mol. The molecule has 1 amide bonds. The van der Waals surface area contributed by atoms with E-state index in [9.17, 15) is 4.79 Å². The molecule has 4 N–H and O–H groups in total. The largest absolute Gasteiger partial charge is 0.465 e. The minimum absolute atomic E-state index is 0.0593. The number of amides is 1. The lowest BCUT2D eigenvalue weighted by atomic mass is 9.73. The predicted octanol–water partition coefficient (Wildman–Crippen LogP) is 2.49. The molecule has 21 heavy (non-hydrogen) atoms. The molecule has 1 aromatic heterocycles. The maximum Gasteiger partial charge on any atom is 0.404 e. The Morgan fingerprint density at radius 1 is 1.62 bits per heavy atom. The van der Waals surface area contributed by atoms with Gasteiger partial charge in [0.2, 0.25) is 0 Å². The van der Waals surface area contributed by atoms with Crippen LogP contribution in [-0.4, -0.2) is 28.3 Å². The molecule has 1 aromatic rings. The molecule has 1 aliphatic carbocycles. The zero-order valence-electron chi connectivity index (χ0n) is 11.7. The second-order valence-corrected chi connectivity index (χ2v) is 5.40. The number of carbonyl (C=O) groups is 1. The lowest BCUT2D eigenvalue weighted by Gasteiger charge is -2.38. The van der Waals surface area contributed by atoms with Crippen LogP contribution in [0.4, 0.5) is 10.5 Å². The molecule has 0 radical (unpaired) electrons. The maximum atomic E-state index is 11.0. The van der Waals surface area contributed by atoms with Gasteiger partial charge in [-0.25, -0.2) is 4.79 Å². The normalized spacial score (nSPS) is 28.4. The molecule has 1 heterocycles. The molecule has 2 rings (SSSR count). The fraction of sp³-hybridized carbons (Fsp3) is 0.538. The van der Waals surface area contributed by atoms with Gasteiger partial charge in [0.1, 0.15) is 0 Å².